The number of hydrogen-bond acceptors (Lipinski definition) is 7. The third kappa shape index (κ3) is 4.20. The van der Waals surface area contributed by atoms with Crippen LogP contribution in [0.4, 0.5) is 0 Å². The summed E-state index contributed by atoms with van der Waals surface area (Å²) in [4.78, 5) is 26.9. The Balaban J connectivity index is 0.00000225. The Morgan fingerprint density at radius 1 is 1.36 bits per heavy atom. The Kier molecular flexibility index (Phi) is 6.98. The van der Waals surface area contributed by atoms with E-state index >= 15 is 0 Å². The van der Waals surface area contributed by atoms with Crippen LogP contribution in [0, 0.1) is 0 Å². The smallest absolute Gasteiger partial charge is 0.263 e. The number of rotatable bonds is 4. The minimum absolute atomic E-state index is 0. The lowest BCUT2D eigenvalue weighted by molar-refractivity contribution is -0.114. The molecular weight excluding hydrogens is 398 g/mol. The van der Waals surface area contributed by atoms with E-state index in [-0.39, 0.29) is 30.0 Å². The lowest BCUT2D eigenvalue weighted by atomic mass is 9.80. The normalized spacial score (nSPS) is 21.1. The Morgan fingerprint density at radius 2 is 2.11 bits per heavy atom. The van der Waals surface area contributed by atoms with Crippen molar-refractivity contribution in [3.05, 3.63) is 29.0 Å². The molecule has 1 atom stereocenters. The molecule has 7 nitrogen and oxygen atoms in total. The molecule has 1 unspecified atom stereocenters. The SMILES string of the molecule is CCc1nc(-c2ncccn2)sc1C(=O)NC1CCCOC12CCNCC2.Cl. The fraction of sp³-hybridized carbons (Fsp3) is 0.579. The van der Waals surface area contributed by atoms with Crippen LogP contribution in [0.2, 0.25) is 0 Å². The predicted octanol–water partition coefficient (Wildman–Crippen LogP) is 2.62. The number of carbonyl (C=O) groups excluding carboxylic acids is 1. The summed E-state index contributed by atoms with van der Waals surface area (Å²) in [6.45, 7) is 4.66. The van der Waals surface area contributed by atoms with Gasteiger partial charge in [0.1, 0.15) is 4.88 Å². The van der Waals surface area contributed by atoms with E-state index in [4.69, 9.17) is 4.74 Å². The van der Waals surface area contributed by atoms with E-state index in [1.54, 1.807) is 18.5 Å². The molecule has 2 aliphatic rings. The molecule has 0 saturated carbocycles. The van der Waals surface area contributed by atoms with Gasteiger partial charge in [-0.25, -0.2) is 15.0 Å². The molecule has 4 heterocycles. The zero-order valence-electron chi connectivity index (χ0n) is 15.9. The van der Waals surface area contributed by atoms with Gasteiger partial charge in [-0.15, -0.1) is 23.7 Å². The van der Waals surface area contributed by atoms with Gasteiger partial charge in [-0.3, -0.25) is 4.79 Å². The first-order chi connectivity index (χ1) is 13.2. The first-order valence-corrected chi connectivity index (χ1v) is 10.5. The third-order valence-corrected chi connectivity index (χ3v) is 6.50. The largest absolute Gasteiger partial charge is 0.373 e. The minimum Gasteiger partial charge on any atom is -0.373 e. The highest BCUT2D eigenvalue weighted by molar-refractivity contribution is 7.17. The van der Waals surface area contributed by atoms with Crippen LogP contribution in [0.15, 0.2) is 18.5 Å². The van der Waals surface area contributed by atoms with Gasteiger partial charge in [0.25, 0.3) is 5.91 Å². The second kappa shape index (κ2) is 9.26. The van der Waals surface area contributed by atoms with E-state index in [1.807, 2.05) is 6.92 Å². The van der Waals surface area contributed by atoms with Crippen molar-refractivity contribution < 1.29 is 9.53 Å². The van der Waals surface area contributed by atoms with Gasteiger partial charge in [-0.2, -0.15) is 0 Å². The highest BCUT2D eigenvalue weighted by Crippen LogP contribution is 2.34. The average molecular weight is 424 g/mol. The summed E-state index contributed by atoms with van der Waals surface area (Å²) >= 11 is 1.37. The lowest BCUT2D eigenvalue weighted by Gasteiger charge is -2.46. The van der Waals surface area contributed by atoms with Crippen LogP contribution >= 0.6 is 23.7 Å². The van der Waals surface area contributed by atoms with E-state index in [2.05, 4.69) is 25.6 Å². The molecule has 1 spiro atoms. The van der Waals surface area contributed by atoms with Crippen LogP contribution in [0.5, 0.6) is 0 Å². The number of piperidine rings is 1. The van der Waals surface area contributed by atoms with Crippen LogP contribution < -0.4 is 10.6 Å². The average Bonchev–Trinajstić information content (AvgIpc) is 3.16. The van der Waals surface area contributed by atoms with Crippen LogP contribution in [0.1, 0.15) is 48.0 Å². The Hall–Kier alpha value is -1.61. The topological polar surface area (TPSA) is 89.0 Å². The number of halogens is 1. The van der Waals surface area contributed by atoms with Crippen LogP contribution in [0.25, 0.3) is 10.8 Å². The van der Waals surface area contributed by atoms with Crippen LogP contribution in [-0.4, -0.2) is 52.2 Å². The molecule has 28 heavy (non-hydrogen) atoms. The number of nitrogens with zero attached hydrogens (tertiary/aromatic N) is 3. The van der Waals surface area contributed by atoms with Gasteiger partial charge in [-0.1, -0.05) is 6.92 Å². The molecule has 2 aromatic rings. The van der Waals surface area contributed by atoms with Gasteiger partial charge in [0.2, 0.25) is 0 Å². The molecule has 2 N–H and O–H groups in total. The number of ether oxygens (including phenoxy) is 1. The molecule has 1 amide bonds. The summed E-state index contributed by atoms with van der Waals surface area (Å²) in [5, 5.41) is 7.35. The fourth-order valence-electron chi connectivity index (χ4n) is 3.97. The number of hydrogen-bond donors (Lipinski definition) is 2. The summed E-state index contributed by atoms with van der Waals surface area (Å²) < 4.78 is 6.20. The van der Waals surface area contributed by atoms with E-state index in [1.165, 1.54) is 11.3 Å². The van der Waals surface area contributed by atoms with E-state index < -0.39 is 0 Å². The lowest BCUT2D eigenvalue weighted by Crippen LogP contribution is -2.60. The summed E-state index contributed by atoms with van der Waals surface area (Å²) in [5.41, 5.74) is 0.567. The predicted molar refractivity (Wildman–Crippen MR) is 111 cm³/mol. The number of nitrogens with one attached hydrogen (secondary N) is 2. The standard InChI is InChI=1S/C19H25N5O2S.ClH/c1-2-13-15(27-18(23-13)16-21-8-4-9-22-16)17(25)24-14-5-3-12-26-19(14)6-10-20-11-7-19;/h4,8-9,14,20H,2-3,5-7,10-12H2,1H3,(H,24,25);1H. The molecule has 0 bridgehead atoms. The monoisotopic (exact) mass is 423 g/mol. The van der Waals surface area contributed by atoms with Gasteiger partial charge in [0.05, 0.1) is 17.3 Å². The number of aromatic nitrogens is 3. The molecule has 2 fully saturated rings. The molecule has 2 saturated heterocycles. The van der Waals surface area contributed by atoms with Gasteiger partial charge >= 0.3 is 0 Å². The maximum absolute atomic E-state index is 13.1. The van der Waals surface area contributed by atoms with Crippen molar-refractivity contribution in [2.45, 2.75) is 50.7 Å². The zero-order chi connectivity index (χ0) is 18.7. The molecule has 0 aliphatic carbocycles. The van der Waals surface area contributed by atoms with Gasteiger partial charge in [0.15, 0.2) is 10.8 Å². The highest BCUT2D eigenvalue weighted by atomic mass is 35.5. The van der Waals surface area contributed by atoms with Crippen molar-refractivity contribution in [3.8, 4) is 10.8 Å². The summed E-state index contributed by atoms with van der Waals surface area (Å²) in [6.07, 6.45) is 7.88. The second-order valence-corrected chi connectivity index (χ2v) is 8.05. The maximum Gasteiger partial charge on any atom is 0.263 e. The second-order valence-electron chi connectivity index (χ2n) is 7.05. The van der Waals surface area contributed by atoms with Crippen molar-refractivity contribution >= 4 is 29.7 Å². The summed E-state index contributed by atoms with van der Waals surface area (Å²) in [6, 6.07) is 1.82. The van der Waals surface area contributed by atoms with E-state index in [0.29, 0.717) is 22.1 Å². The molecular formula is C19H26ClN5O2S. The first-order valence-electron chi connectivity index (χ1n) is 9.64. The van der Waals surface area contributed by atoms with Gasteiger partial charge in [-0.05, 0) is 51.3 Å². The number of aryl methyl sites for hydroxylation is 1. The van der Waals surface area contributed by atoms with Crippen molar-refractivity contribution in [3.63, 3.8) is 0 Å². The van der Waals surface area contributed by atoms with Crippen molar-refractivity contribution in [1.29, 1.82) is 0 Å². The summed E-state index contributed by atoms with van der Waals surface area (Å²) in [5.74, 6) is 0.506. The molecule has 0 aromatic carbocycles. The molecule has 2 aliphatic heterocycles. The molecule has 152 valence electrons. The first kappa shape index (κ1) is 21.1. The van der Waals surface area contributed by atoms with Crippen molar-refractivity contribution in [2.75, 3.05) is 19.7 Å². The van der Waals surface area contributed by atoms with E-state index in [9.17, 15) is 4.79 Å². The molecule has 4 rings (SSSR count). The Morgan fingerprint density at radius 3 is 2.82 bits per heavy atom. The number of carbonyl (C=O) groups is 1. The zero-order valence-corrected chi connectivity index (χ0v) is 17.6. The van der Waals surface area contributed by atoms with Gasteiger partial charge < -0.3 is 15.4 Å². The number of thiazole rings is 1. The van der Waals surface area contributed by atoms with Crippen molar-refractivity contribution in [2.24, 2.45) is 0 Å². The van der Waals surface area contributed by atoms with Crippen LogP contribution in [0.3, 0.4) is 0 Å². The molecule has 2 aromatic heterocycles. The Bertz CT molecular complexity index is 787. The Labute approximate surface area is 175 Å². The quantitative estimate of drug-likeness (QED) is 0.785. The van der Waals surface area contributed by atoms with Crippen LogP contribution in [-0.2, 0) is 11.2 Å². The van der Waals surface area contributed by atoms with Gasteiger partial charge in [0, 0.05) is 19.0 Å². The van der Waals surface area contributed by atoms with Crippen molar-refractivity contribution in [1.82, 2.24) is 25.6 Å². The third-order valence-electron chi connectivity index (χ3n) is 5.41. The van der Waals surface area contributed by atoms with E-state index in [0.717, 1.165) is 51.1 Å². The molecule has 9 heteroatoms. The number of amides is 1. The fourth-order valence-corrected chi connectivity index (χ4v) is 4.98. The molecule has 0 radical (unpaired) electrons. The summed E-state index contributed by atoms with van der Waals surface area (Å²) in [7, 11) is 0. The minimum atomic E-state index is -0.235. The maximum atomic E-state index is 13.1. The highest BCUT2D eigenvalue weighted by Gasteiger charge is 2.44.